The van der Waals surface area contributed by atoms with Gasteiger partial charge in [0.25, 0.3) is 5.91 Å². The number of rotatable bonds is 2. The first-order valence-electron chi connectivity index (χ1n) is 6.28. The number of carbonyl (C=O) groups is 2. The van der Waals surface area contributed by atoms with Crippen molar-refractivity contribution in [1.29, 1.82) is 0 Å². The molecule has 0 N–H and O–H groups in total. The van der Waals surface area contributed by atoms with Gasteiger partial charge in [0, 0.05) is 24.3 Å². The standard InChI is InChI=1S/C13H16BrN3O3/c1-16(11-6-5-9(14)8-15-11)12(18)10-4-3-7-17(10)13(19)20-2/h5-6,8,10H,3-4,7H2,1-2H3/t10-/m0/s1. The van der Waals surface area contributed by atoms with E-state index in [1.54, 1.807) is 19.3 Å². The molecule has 1 aromatic rings. The predicted octanol–water partition coefficient (Wildman–Crippen LogP) is 2.04. The van der Waals surface area contributed by atoms with E-state index in [0.717, 1.165) is 10.9 Å². The number of ether oxygens (including phenoxy) is 1. The van der Waals surface area contributed by atoms with Crippen LogP contribution in [0.25, 0.3) is 0 Å². The average molecular weight is 342 g/mol. The van der Waals surface area contributed by atoms with Gasteiger partial charge in [0.05, 0.1) is 7.11 Å². The number of pyridine rings is 1. The van der Waals surface area contributed by atoms with Gasteiger partial charge in [-0.2, -0.15) is 0 Å². The monoisotopic (exact) mass is 341 g/mol. The number of nitrogens with zero attached hydrogens (tertiary/aromatic N) is 3. The van der Waals surface area contributed by atoms with Crippen LogP contribution in [0.3, 0.4) is 0 Å². The smallest absolute Gasteiger partial charge is 0.410 e. The van der Waals surface area contributed by atoms with Gasteiger partial charge in [-0.05, 0) is 40.9 Å². The lowest BCUT2D eigenvalue weighted by molar-refractivity contribution is -0.122. The molecule has 0 saturated carbocycles. The summed E-state index contributed by atoms with van der Waals surface area (Å²) in [5.74, 6) is 0.401. The van der Waals surface area contributed by atoms with Crippen LogP contribution in [-0.2, 0) is 9.53 Å². The van der Waals surface area contributed by atoms with Crippen molar-refractivity contribution in [3.63, 3.8) is 0 Å². The first-order valence-corrected chi connectivity index (χ1v) is 7.07. The van der Waals surface area contributed by atoms with Crippen molar-refractivity contribution < 1.29 is 14.3 Å². The quantitative estimate of drug-likeness (QED) is 0.825. The third-order valence-corrected chi connectivity index (χ3v) is 3.80. The largest absolute Gasteiger partial charge is 0.453 e. The third kappa shape index (κ3) is 2.92. The molecule has 2 heterocycles. The molecule has 1 saturated heterocycles. The summed E-state index contributed by atoms with van der Waals surface area (Å²) in [4.78, 5) is 31.3. The van der Waals surface area contributed by atoms with Crippen molar-refractivity contribution in [2.24, 2.45) is 0 Å². The van der Waals surface area contributed by atoms with E-state index in [4.69, 9.17) is 4.74 Å². The fraction of sp³-hybridized carbons (Fsp3) is 0.462. The summed E-state index contributed by atoms with van der Waals surface area (Å²) < 4.78 is 5.56. The number of hydrogen-bond acceptors (Lipinski definition) is 4. The molecule has 1 aliphatic rings. The average Bonchev–Trinajstić information content (AvgIpc) is 2.95. The van der Waals surface area contributed by atoms with E-state index in [2.05, 4.69) is 20.9 Å². The molecule has 20 heavy (non-hydrogen) atoms. The van der Waals surface area contributed by atoms with Gasteiger partial charge in [-0.3, -0.25) is 14.6 Å². The Labute approximate surface area is 125 Å². The van der Waals surface area contributed by atoms with Crippen molar-refractivity contribution in [3.05, 3.63) is 22.8 Å². The Kier molecular flexibility index (Phi) is 4.59. The number of methoxy groups -OCH3 is 1. The highest BCUT2D eigenvalue weighted by Gasteiger charge is 2.36. The number of amides is 2. The van der Waals surface area contributed by atoms with Crippen LogP contribution >= 0.6 is 15.9 Å². The van der Waals surface area contributed by atoms with Gasteiger partial charge >= 0.3 is 6.09 Å². The van der Waals surface area contributed by atoms with Crippen LogP contribution in [-0.4, -0.2) is 48.6 Å². The molecule has 1 fully saturated rings. The van der Waals surface area contributed by atoms with Crippen LogP contribution in [0.1, 0.15) is 12.8 Å². The maximum absolute atomic E-state index is 12.5. The van der Waals surface area contributed by atoms with E-state index < -0.39 is 12.1 Å². The molecule has 2 rings (SSSR count). The number of aromatic nitrogens is 1. The van der Waals surface area contributed by atoms with Crippen molar-refractivity contribution >= 4 is 33.7 Å². The van der Waals surface area contributed by atoms with Crippen LogP contribution in [0.15, 0.2) is 22.8 Å². The highest BCUT2D eigenvalue weighted by atomic mass is 79.9. The van der Waals surface area contributed by atoms with E-state index in [9.17, 15) is 9.59 Å². The number of hydrogen-bond donors (Lipinski definition) is 0. The number of likely N-dealkylation sites (N-methyl/N-ethyl adjacent to an activating group) is 1. The molecule has 2 amide bonds. The van der Waals surface area contributed by atoms with E-state index in [0.29, 0.717) is 18.8 Å². The van der Waals surface area contributed by atoms with Crippen molar-refractivity contribution in [2.75, 3.05) is 25.6 Å². The molecular weight excluding hydrogens is 326 g/mol. The molecule has 6 nitrogen and oxygen atoms in total. The maximum Gasteiger partial charge on any atom is 0.410 e. The molecule has 0 bridgehead atoms. The first kappa shape index (κ1) is 14.8. The molecule has 0 radical (unpaired) electrons. The summed E-state index contributed by atoms with van der Waals surface area (Å²) in [6.07, 6.45) is 2.62. The topological polar surface area (TPSA) is 62.7 Å². The van der Waals surface area contributed by atoms with Crippen molar-refractivity contribution in [1.82, 2.24) is 9.88 Å². The van der Waals surface area contributed by atoms with Gasteiger partial charge in [-0.25, -0.2) is 9.78 Å². The number of carbonyl (C=O) groups excluding carboxylic acids is 2. The summed E-state index contributed by atoms with van der Waals surface area (Å²) in [6, 6.07) is 3.09. The van der Waals surface area contributed by atoms with Crippen molar-refractivity contribution in [2.45, 2.75) is 18.9 Å². The molecular formula is C13H16BrN3O3. The van der Waals surface area contributed by atoms with Crippen LogP contribution in [0.5, 0.6) is 0 Å². The maximum atomic E-state index is 12.5. The SMILES string of the molecule is COC(=O)N1CCC[C@H]1C(=O)N(C)c1ccc(Br)cn1. The highest BCUT2D eigenvalue weighted by Crippen LogP contribution is 2.22. The summed E-state index contributed by atoms with van der Waals surface area (Å²) in [7, 11) is 2.98. The fourth-order valence-corrected chi connectivity index (χ4v) is 2.50. The molecule has 1 atom stereocenters. The van der Waals surface area contributed by atoms with E-state index in [1.165, 1.54) is 16.9 Å². The molecule has 1 aliphatic heterocycles. The van der Waals surface area contributed by atoms with Crippen LogP contribution < -0.4 is 4.90 Å². The molecule has 1 aromatic heterocycles. The number of halogens is 1. The van der Waals surface area contributed by atoms with Crippen LogP contribution in [0, 0.1) is 0 Å². The van der Waals surface area contributed by atoms with E-state index >= 15 is 0 Å². The predicted molar refractivity (Wildman–Crippen MR) is 77.5 cm³/mol. The van der Waals surface area contributed by atoms with Gasteiger partial charge in [0.1, 0.15) is 11.9 Å². The van der Waals surface area contributed by atoms with Crippen LogP contribution in [0.2, 0.25) is 0 Å². The van der Waals surface area contributed by atoms with Gasteiger partial charge < -0.3 is 4.74 Å². The van der Waals surface area contributed by atoms with E-state index in [-0.39, 0.29) is 5.91 Å². The second-order valence-corrected chi connectivity index (χ2v) is 5.47. The molecule has 7 heteroatoms. The van der Waals surface area contributed by atoms with Crippen molar-refractivity contribution in [3.8, 4) is 0 Å². The third-order valence-electron chi connectivity index (χ3n) is 3.33. The van der Waals surface area contributed by atoms with Gasteiger partial charge in [-0.1, -0.05) is 0 Å². The molecule has 0 aliphatic carbocycles. The van der Waals surface area contributed by atoms with Gasteiger partial charge in [0.2, 0.25) is 0 Å². The molecule has 108 valence electrons. The lowest BCUT2D eigenvalue weighted by atomic mass is 10.2. The second-order valence-electron chi connectivity index (χ2n) is 4.55. The fourth-order valence-electron chi connectivity index (χ4n) is 2.26. The zero-order valence-electron chi connectivity index (χ0n) is 11.4. The Balaban J connectivity index is 2.13. The molecule has 0 spiro atoms. The minimum Gasteiger partial charge on any atom is -0.453 e. The Morgan fingerprint density at radius 3 is 2.85 bits per heavy atom. The second kappa shape index (κ2) is 6.21. The summed E-state index contributed by atoms with van der Waals surface area (Å²) >= 11 is 3.30. The minimum absolute atomic E-state index is 0.150. The highest BCUT2D eigenvalue weighted by molar-refractivity contribution is 9.10. The normalized spacial score (nSPS) is 17.9. The van der Waals surface area contributed by atoms with Crippen LogP contribution in [0.4, 0.5) is 10.6 Å². The minimum atomic E-state index is -0.474. The van der Waals surface area contributed by atoms with Gasteiger partial charge in [-0.15, -0.1) is 0 Å². The molecule has 0 aromatic carbocycles. The molecule has 0 unspecified atom stereocenters. The van der Waals surface area contributed by atoms with Gasteiger partial charge in [0.15, 0.2) is 0 Å². The summed E-state index contributed by atoms with van der Waals surface area (Å²) in [5, 5.41) is 0. The Hall–Kier alpha value is -1.63. The lowest BCUT2D eigenvalue weighted by Crippen LogP contribution is -2.46. The number of anilines is 1. The zero-order chi connectivity index (χ0) is 14.7. The summed E-state index contributed by atoms with van der Waals surface area (Å²) in [6.45, 7) is 0.546. The Morgan fingerprint density at radius 2 is 2.25 bits per heavy atom. The zero-order valence-corrected chi connectivity index (χ0v) is 13.0. The van der Waals surface area contributed by atoms with E-state index in [1.807, 2.05) is 6.07 Å². The lowest BCUT2D eigenvalue weighted by Gasteiger charge is -2.26. The first-order chi connectivity index (χ1) is 9.54. The Bertz CT molecular complexity index is 506. The summed E-state index contributed by atoms with van der Waals surface area (Å²) in [5.41, 5.74) is 0. The Morgan fingerprint density at radius 1 is 1.50 bits per heavy atom. The number of likely N-dealkylation sites (tertiary alicyclic amines) is 1.